The van der Waals surface area contributed by atoms with Crippen LogP contribution in [0.25, 0.3) is 11.6 Å². The summed E-state index contributed by atoms with van der Waals surface area (Å²) in [7, 11) is 0. The zero-order valence-electron chi connectivity index (χ0n) is 12.0. The molecule has 21 heavy (non-hydrogen) atoms. The van der Waals surface area contributed by atoms with Crippen molar-refractivity contribution in [3.8, 4) is 0 Å². The molecule has 0 radical (unpaired) electrons. The monoisotopic (exact) mass is 278 g/mol. The van der Waals surface area contributed by atoms with Crippen LogP contribution >= 0.6 is 0 Å². The smallest absolute Gasteiger partial charge is 0.307 e. The molecule has 0 aliphatic carbocycles. The molecule has 0 saturated carbocycles. The van der Waals surface area contributed by atoms with Gasteiger partial charge in [0.2, 0.25) is 0 Å². The molecule has 2 aromatic rings. The molecule has 0 fully saturated rings. The van der Waals surface area contributed by atoms with Gasteiger partial charge in [0.1, 0.15) is 0 Å². The molecule has 2 nitrogen and oxygen atoms in total. The van der Waals surface area contributed by atoms with E-state index in [0.29, 0.717) is 0 Å². The zero-order chi connectivity index (χ0) is 15.2. The Bertz CT molecular complexity index is 682. The third-order valence-electron chi connectivity index (χ3n) is 3.22. The van der Waals surface area contributed by atoms with Gasteiger partial charge >= 0.3 is 5.97 Å². The van der Waals surface area contributed by atoms with E-state index in [1.165, 1.54) is 0 Å². The van der Waals surface area contributed by atoms with E-state index in [9.17, 15) is 4.79 Å². The summed E-state index contributed by atoms with van der Waals surface area (Å²) in [5, 5.41) is 9.06. The van der Waals surface area contributed by atoms with Gasteiger partial charge in [-0.3, -0.25) is 4.79 Å². The van der Waals surface area contributed by atoms with E-state index >= 15 is 0 Å². The van der Waals surface area contributed by atoms with Gasteiger partial charge in [0.05, 0.1) is 6.42 Å². The van der Waals surface area contributed by atoms with Crippen LogP contribution in [0.1, 0.15) is 23.6 Å². The molecule has 0 unspecified atom stereocenters. The SMILES string of the molecule is C=C(C)/C(=C/c1ccccc1)c1ccccc1CC(=O)O. The van der Waals surface area contributed by atoms with Crippen LogP contribution in [-0.2, 0) is 11.2 Å². The Labute approximate surface area is 125 Å². The largest absolute Gasteiger partial charge is 0.481 e. The number of benzene rings is 2. The summed E-state index contributed by atoms with van der Waals surface area (Å²) in [5.41, 5.74) is 4.68. The fraction of sp³-hybridized carbons (Fsp3) is 0.105. The number of carbonyl (C=O) groups is 1. The highest BCUT2D eigenvalue weighted by molar-refractivity contribution is 5.92. The molecule has 0 saturated heterocycles. The van der Waals surface area contributed by atoms with E-state index in [4.69, 9.17) is 5.11 Å². The van der Waals surface area contributed by atoms with E-state index in [1.54, 1.807) is 0 Å². The minimum atomic E-state index is -0.830. The van der Waals surface area contributed by atoms with Gasteiger partial charge in [-0.25, -0.2) is 0 Å². The first-order chi connectivity index (χ1) is 10.1. The van der Waals surface area contributed by atoms with Gasteiger partial charge in [0, 0.05) is 0 Å². The van der Waals surface area contributed by atoms with Crippen LogP contribution in [0.3, 0.4) is 0 Å². The maximum Gasteiger partial charge on any atom is 0.307 e. The van der Waals surface area contributed by atoms with Crippen molar-refractivity contribution in [1.82, 2.24) is 0 Å². The molecule has 0 aliphatic heterocycles. The molecule has 106 valence electrons. The van der Waals surface area contributed by atoms with Gasteiger partial charge in [0.15, 0.2) is 0 Å². The van der Waals surface area contributed by atoms with E-state index < -0.39 is 5.97 Å². The fourth-order valence-electron chi connectivity index (χ4n) is 2.25. The van der Waals surface area contributed by atoms with Gasteiger partial charge in [0.25, 0.3) is 0 Å². The van der Waals surface area contributed by atoms with Crippen LogP contribution in [-0.4, -0.2) is 11.1 Å². The first kappa shape index (κ1) is 14.8. The van der Waals surface area contributed by atoms with Gasteiger partial charge in [-0.05, 0) is 35.3 Å². The molecule has 2 rings (SSSR count). The second kappa shape index (κ2) is 6.71. The maximum atomic E-state index is 11.0. The zero-order valence-corrected chi connectivity index (χ0v) is 12.0. The second-order valence-electron chi connectivity index (χ2n) is 4.98. The van der Waals surface area contributed by atoms with Crippen LogP contribution in [0.15, 0.2) is 66.7 Å². The summed E-state index contributed by atoms with van der Waals surface area (Å²) in [6.07, 6.45) is 2.05. The van der Waals surface area contributed by atoms with Gasteiger partial charge in [-0.1, -0.05) is 66.7 Å². The number of carboxylic acids is 1. The Hall–Kier alpha value is -2.61. The lowest BCUT2D eigenvalue weighted by atomic mass is 9.92. The van der Waals surface area contributed by atoms with Crippen molar-refractivity contribution in [1.29, 1.82) is 0 Å². The Balaban J connectivity index is 2.52. The van der Waals surface area contributed by atoms with Crippen molar-refractivity contribution < 1.29 is 9.90 Å². The molecular formula is C19H18O2. The van der Waals surface area contributed by atoms with Crippen molar-refractivity contribution in [3.63, 3.8) is 0 Å². The highest BCUT2D eigenvalue weighted by Gasteiger charge is 2.11. The highest BCUT2D eigenvalue weighted by atomic mass is 16.4. The summed E-state index contributed by atoms with van der Waals surface area (Å²) in [6.45, 7) is 5.97. The average Bonchev–Trinajstić information content (AvgIpc) is 2.46. The van der Waals surface area contributed by atoms with Crippen LogP contribution in [0.4, 0.5) is 0 Å². The topological polar surface area (TPSA) is 37.3 Å². The van der Waals surface area contributed by atoms with E-state index in [0.717, 1.165) is 27.8 Å². The van der Waals surface area contributed by atoms with Crippen LogP contribution < -0.4 is 0 Å². The molecule has 0 heterocycles. The number of aliphatic carboxylic acids is 1. The lowest BCUT2D eigenvalue weighted by Crippen LogP contribution is -2.03. The van der Waals surface area contributed by atoms with Crippen molar-refractivity contribution in [2.45, 2.75) is 13.3 Å². The Morgan fingerprint density at radius 2 is 1.71 bits per heavy atom. The molecule has 2 aromatic carbocycles. The van der Waals surface area contributed by atoms with Crippen molar-refractivity contribution in [3.05, 3.63) is 83.4 Å². The lowest BCUT2D eigenvalue weighted by Gasteiger charge is -2.12. The van der Waals surface area contributed by atoms with Crippen molar-refractivity contribution in [2.75, 3.05) is 0 Å². The normalized spacial score (nSPS) is 11.2. The van der Waals surface area contributed by atoms with Gasteiger partial charge in [-0.15, -0.1) is 0 Å². The Morgan fingerprint density at radius 1 is 1.10 bits per heavy atom. The molecule has 0 bridgehead atoms. The molecule has 1 N–H and O–H groups in total. The third kappa shape index (κ3) is 3.93. The van der Waals surface area contributed by atoms with E-state index in [-0.39, 0.29) is 6.42 Å². The van der Waals surface area contributed by atoms with Gasteiger partial charge < -0.3 is 5.11 Å². The quantitative estimate of drug-likeness (QED) is 0.649. The molecule has 0 spiro atoms. The molecule has 0 amide bonds. The maximum absolute atomic E-state index is 11.0. The molecule has 0 aromatic heterocycles. The minimum Gasteiger partial charge on any atom is -0.481 e. The van der Waals surface area contributed by atoms with E-state index in [2.05, 4.69) is 6.58 Å². The van der Waals surface area contributed by atoms with Crippen LogP contribution in [0, 0.1) is 0 Å². The standard InChI is InChI=1S/C19H18O2/c1-14(2)18(12-15-8-4-3-5-9-15)17-11-7-6-10-16(17)13-19(20)21/h3-12H,1,13H2,2H3,(H,20,21)/b18-12-. The lowest BCUT2D eigenvalue weighted by molar-refractivity contribution is -0.136. The molecule has 0 atom stereocenters. The first-order valence-corrected chi connectivity index (χ1v) is 6.80. The predicted molar refractivity (Wildman–Crippen MR) is 86.9 cm³/mol. The summed E-state index contributed by atoms with van der Waals surface area (Å²) >= 11 is 0. The Kier molecular flexibility index (Phi) is 4.72. The number of carboxylic acid groups (broad SMARTS) is 1. The first-order valence-electron chi connectivity index (χ1n) is 6.80. The van der Waals surface area contributed by atoms with Crippen LogP contribution in [0.2, 0.25) is 0 Å². The number of hydrogen-bond acceptors (Lipinski definition) is 1. The summed E-state index contributed by atoms with van der Waals surface area (Å²) in [5.74, 6) is -0.830. The summed E-state index contributed by atoms with van der Waals surface area (Å²) in [4.78, 5) is 11.0. The molecule has 2 heteroatoms. The highest BCUT2D eigenvalue weighted by Crippen LogP contribution is 2.27. The summed E-state index contributed by atoms with van der Waals surface area (Å²) in [6, 6.07) is 17.5. The van der Waals surface area contributed by atoms with E-state index in [1.807, 2.05) is 67.6 Å². The minimum absolute atomic E-state index is 0.00951. The number of allylic oxidation sites excluding steroid dienone is 2. The predicted octanol–water partition coefficient (Wildman–Crippen LogP) is 4.43. The summed E-state index contributed by atoms with van der Waals surface area (Å²) < 4.78 is 0. The Morgan fingerprint density at radius 3 is 2.33 bits per heavy atom. The van der Waals surface area contributed by atoms with Gasteiger partial charge in [-0.2, -0.15) is 0 Å². The molecule has 0 aliphatic rings. The van der Waals surface area contributed by atoms with Crippen molar-refractivity contribution >= 4 is 17.6 Å². The number of hydrogen-bond donors (Lipinski definition) is 1. The van der Waals surface area contributed by atoms with Crippen molar-refractivity contribution in [2.24, 2.45) is 0 Å². The van der Waals surface area contributed by atoms with Crippen LogP contribution in [0.5, 0.6) is 0 Å². The fourth-order valence-corrected chi connectivity index (χ4v) is 2.25. The third-order valence-corrected chi connectivity index (χ3v) is 3.22. The number of rotatable bonds is 5. The second-order valence-corrected chi connectivity index (χ2v) is 4.98. The molecular weight excluding hydrogens is 260 g/mol. The average molecular weight is 278 g/mol.